The molecule has 1 aliphatic rings. The van der Waals surface area contributed by atoms with Crippen molar-refractivity contribution in [1.29, 1.82) is 0 Å². The highest BCUT2D eigenvalue weighted by molar-refractivity contribution is 6.30. The molecule has 1 atom stereocenters. The molecule has 1 heterocycles. The largest absolute Gasteiger partial charge is 0.480 e. The van der Waals surface area contributed by atoms with Gasteiger partial charge in [0.25, 0.3) is 11.8 Å². The van der Waals surface area contributed by atoms with Crippen LogP contribution in [0, 0.1) is 0 Å². The van der Waals surface area contributed by atoms with Crippen LogP contribution in [0.3, 0.4) is 0 Å². The van der Waals surface area contributed by atoms with Crippen LogP contribution in [0.4, 0.5) is 5.69 Å². The molecule has 25 heavy (non-hydrogen) atoms. The van der Waals surface area contributed by atoms with Crippen LogP contribution in [-0.4, -0.2) is 24.0 Å². The van der Waals surface area contributed by atoms with Crippen molar-refractivity contribution in [3.8, 4) is 5.75 Å². The second kappa shape index (κ2) is 7.15. The van der Waals surface area contributed by atoms with Crippen LogP contribution in [0.5, 0.6) is 5.75 Å². The average molecular weight is 359 g/mol. The van der Waals surface area contributed by atoms with Gasteiger partial charge in [-0.15, -0.1) is 0 Å². The first kappa shape index (κ1) is 17.3. The number of hydrogen-bond acceptors (Lipinski definition) is 3. The molecule has 0 aliphatic carbocycles. The van der Waals surface area contributed by atoms with E-state index in [1.165, 1.54) is 0 Å². The molecule has 5 nitrogen and oxygen atoms in total. The number of benzene rings is 2. The molecule has 0 bridgehead atoms. The van der Waals surface area contributed by atoms with Gasteiger partial charge in [-0.25, -0.2) is 0 Å². The molecule has 0 fully saturated rings. The summed E-state index contributed by atoms with van der Waals surface area (Å²) in [6.07, 6.45) is -0.103. The smallest absolute Gasteiger partial charge is 0.265 e. The highest BCUT2D eigenvalue weighted by Crippen LogP contribution is 2.31. The van der Waals surface area contributed by atoms with Gasteiger partial charge in [0.05, 0.1) is 0 Å². The highest BCUT2D eigenvalue weighted by atomic mass is 35.5. The lowest BCUT2D eigenvalue weighted by Gasteiger charge is -2.12. The number of nitrogens with one attached hydrogen (secondary N) is 2. The summed E-state index contributed by atoms with van der Waals surface area (Å²) in [5.74, 6) is 0.316. The number of fused-ring (bicyclic) bond motifs is 1. The third-order valence-electron chi connectivity index (χ3n) is 3.82. The van der Waals surface area contributed by atoms with E-state index in [4.69, 9.17) is 16.3 Å². The van der Waals surface area contributed by atoms with Crippen LogP contribution in [0.25, 0.3) is 0 Å². The number of halogens is 1. The molecule has 0 saturated heterocycles. The monoisotopic (exact) mass is 358 g/mol. The third-order valence-corrected chi connectivity index (χ3v) is 4.06. The van der Waals surface area contributed by atoms with E-state index in [9.17, 15) is 9.59 Å². The van der Waals surface area contributed by atoms with Gasteiger partial charge >= 0.3 is 0 Å². The Balaban J connectivity index is 1.61. The van der Waals surface area contributed by atoms with Crippen molar-refractivity contribution in [2.75, 3.05) is 5.32 Å². The minimum absolute atomic E-state index is 0.0709. The molecular weight excluding hydrogens is 340 g/mol. The summed E-state index contributed by atoms with van der Waals surface area (Å²) in [4.78, 5) is 24.3. The van der Waals surface area contributed by atoms with Crippen molar-refractivity contribution in [2.24, 2.45) is 0 Å². The van der Waals surface area contributed by atoms with Gasteiger partial charge in [-0.05, 0) is 61.9 Å². The first-order valence-corrected chi connectivity index (χ1v) is 8.47. The minimum Gasteiger partial charge on any atom is -0.480 e. The van der Waals surface area contributed by atoms with Gasteiger partial charge in [0.15, 0.2) is 6.10 Å². The summed E-state index contributed by atoms with van der Waals surface area (Å²) >= 11 is 5.96. The summed E-state index contributed by atoms with van der Waals surface area (Å²) < 4.78 is 5.67. The molecule has 2 N–H and O–H groups in total. The fourth-order valence-electron chi connectivity index (χ4n) is 2.64. The number of ether oxygens (including phenoxy) is 1. The summed E-state index contributed by atoms with van der Waals surface area (Å²) in [7, 11) is 0. The molecule has 0 aromatic heterocycles. The maximum Gasteiger partial charge on any atom is 0.265 e. The van der Waals surface area contributed by atoms with Gasteiger partial charge in [0.1, 0.15) is 5.75 Å². The first-order chi connectivity index (χ1) is 11.9. The Morgan fingerprint density at radius 1 is 1.16 bits per heavy atom. The second-order valence-corrected chi connectivity index (χ2v) is 6.69. The van der Waals surface area contributed by atoms with Crippen molar-refractivity contribution >= 4 is 29.1 Å². The van der Waals surface area contributed by atoms with Crippen molar-refractivity contribution in [3.63, 3.8) is 0 Å². The predicted molar refractivity (Wildman–Crippen MR) is 97.2 cm³/mol. The van der Waals surface area contributed by atoms with E-state index in [0.29, 0.717) is 28.4 Å². The van der Waals surface area contributed by atoms with Gasteiger partial charge in [-0.3, -0.25) is 9.59 Å². The highest BCUT2D eigenvalue weighted by Gasteiger charge is 2.29. The molecule has 2 aromatic rings. The summed E-state index contributed by atoms with van der Waals surface area (Å²) in [5.41, 5.74) is 2.09. The molecule has 6 heteroatoms. The Labute approximate surface area is 151 Å². The number of rotatable bonds is 4. The van der Waals surface area contributed by atoms with Gasteiger partial charge in [-0.1, -0.05) is 11.6 Å². The molecular formula is C19H19ClN2O3. The Hall–Kier alpha value is -2.53. The van der Waals surface area contributed by atoms with Crippen molar-refractivity contribution in [2.45, 2.75) is 32.4 Å². The van der Waals surface area contributed by atoms with E-state index >= 15 is 0 Å². The first-order valence-electron chi connectivity index (χ1n) is 8.09. The average Bonchev–Trinajstić information content (AvgIpc) is 2.98. The van der Waals surface area contributed by atoms with Crippen molar-refractivity contribution in [3.05, 3.63) is 58.6 Å². The molecule has 130 valence electrons. The maximum absolute atomic E-state index is 12.4. The summed E-state index contributed by atoms with van der Waals surface area (Å²) in [5, 5.41) is 6.26. The number of carbonyl (C=O) groups is 2. The van der Waals surface area contributed by atoms with Crippen molar-refractivity contribution in [1.82, 2.24) is 5.32 Å². The molecule has 1 unspecified atom stereocenters. The van der Waals surface area contributed by atoms with E-state index in [1.54, 1.807) is 36.4 Å². The number of hydrogen-bond donors (Lipinski definition) is 2. The summed E-state index contributed by atoms with van der Waals surface area (Å²) in [6, 6.07) is 12.1. The third kappa shape index (κ3) is 4.12. The van der Waals surface area contributed by atoms with Crippen LogP contribution in [0.15, 0.2) is 42.5 Å². The topological polar surface area (TPSA) is 67.4 Å². The van der Waals surface area contributed by atoms with Gasteiger partial charge in [0, 0.05) is 28.7 Å². The van der Waals surface area contributed by atoms with E-state index in [1.807, 2.05) is 19.9 Å². The van der Waals surface area contributed by atoms with Gasteiger partial charge in [-0.2, -0.15) is 0 Å². The van der Waals surface area contributed by atoms with Crippen molar-refractivity contribution < 1.29 is 14.3 Å². The van der Waals surface area contributed by atoms with Crippen LogP contribution < -0.4 is 15.4 Å². The Morgan fingerprint density at radius 2 is 1.88 bits per heavy atom. The lowest BCUT2D eigenvalue weighted by molar-refractivity contribution is -0.122. The number of anilines is 1. The Morgan fingerprint density at radius 3 is 2.56 bits per heavy atom. The molecule has 0 radical (unpaired) electrons. The Bertz CT molecular complexity index is 803. The fourth-order valence-corrected chi connectivity index (χ4v) is 2.83. The quantitative estimate of drug-likeness (QED) is 0.880. The number of amides is 2. The van der Waals surface area contributed by atoms with Crippen LogP contribution in [0.1, 0.15) is 29.8 Å². The fraction of sp³-hybridized carbons (Fsp3) is 0.263. The molecule has 0 saturated carbocycles. The summed E-state index contributed by atoms with van der Waals surface area (Å²) in [6.45, 7) is 3.80. The maximum atomic E-state index is 12.4. The zero-order chi connectivity index (χ0) is 18.0. The lowest BCUT2D eigenvalue weighted by atomic mass is 10.1. The van der Waals surface area contributed by atoms with Crippen LogP contribution >= 0.6 is 11.6 Å². The van der Waals surface area contributed by atoms with Crippen LogP contribution in [-0.2, 0) is 11.2 Å². The SMILES string of the molecule is CC(C)NC(=O)c1ccc(NC(=O)C2Cc3cc(Cl)ccc3O2)cc1. The predicted octanol–water partition coefficient (Wildman–Crippen LogP) is 3.42. The Kier molecular flexibility index (Phi) is 4.95. The van der Waals surface area contributed by atoms with E-state index in [2.05, 4.69) is 10.6 Å². The van der Waals surface area contributed by atoms with E-state index < -0.39 is 6.10 Å². The molecule has 1 aliphatic heterocycles. The number of carbonyl (C=O) groups excluding carboxylic acids is 2. The zero-order valence-corrected chi connectivity index (χ0v) is 14.8. The normalized spacial score (nSPS) is 15.4. The molecule has 2 aromatic carbocycles. The van der Waals surface area contributed by atoms with Gasteiger partial charge in [0.2, 0.25) is 0 Å². The standard InChI is InChI=1S/C19H19ClN2O3/c1-11(2)21-18(23)12-3-6-15(7-4-12)22-19(24)17-10-13-9-14(20)5-8-16(13)25-17/h3-9,11,17H,10H2,1-2H3,(H,21,23)(H,22,24). The van der Waals surface area contributed by atoms with E-state index in [-0.39, 0.29) is 17.9 Å². The molecule has 0 spiro atoms. The lowest BCUT2D eigenvalue weighted by Crippen LogP contribution is -2.31. The second-order valence-electron chi connectivity index (χ2n) is 6.26. The molecule has 2 amide bonds. The minimum atomic E-state index is -0.586. The van der Waals surface area contributed by atoms with Crippen LogP contribution in [0.2, 0.25) is 5.02 Å². The van der Waals surface area contributed by atoms with E-state index in [0.717, 1.165) is 5.56 Å². The van der Waals surface area contributed by atoms with Gasteiger partial charge < -0.3 is 15.4 Å². The zero-order valence-electron chi connectivity index (χ0n) is 14.0. The molecule has 3 rings (SSSR count).